The molecule has 6 unspecified atom stereocenters. The van der Waals surface area contributed by atoms with Crippen LogP contribution < -0.4 is 0 Å². The average molecular weight is 1110 g/mol. The monoisotopic (exact) mass is 1100 g/mol. The normalized spacial score (nSPS) is 18.6. The van der Waals surface area contributed by atoms with Gasteiger partial charge in [-0.3, -0.25) is 14.4 Å². The topological polar surface area (TPSA) is 175 Å². The van der Waals surface area contributed by atoms with Crippen LogP contribution in [-0.2, 0) is 42.9 Å². The van der Waals surface area contributed by atoms with Gasteiger partial charge in [0.25, 0.3) is 0 Å². The van der Waals surface area contributed by atoms with Gasteiger partial charge in [0, 0.05) is 19.3 Å². The number of allylic oxidation sites excluding steroid dienone is 18. The number of rotatable bonds is 51. The van der Waals surface area contributed by atoms with Crippen molar-refractivity contribution in [2.24, 2.45) is 0 Å². The Morgan fingerprint density at radius 3 is 1.27 bits per heavy atom. The Balaban J connectivity index is 2.71. The van der Waals surface area contributed by atoms with E-state index in [2.05, 4.69) is 118 Å². The van der Waals surface area contributed by atoms with Crippen LogP contribution in [-0.4, -0.2) is 89.2 Å². The molecule has 0 bridgehead atoms. The van der Waals surface area contributed by atoms with E-state index in [4.69, 9.17) is 23.7 Å². The molecule has 0 aliphatic carbocycles. The molecule has 0 amide bonds. The number of aliphatic hydroxyl groups is 2. The molecule has 0 radical (unpaired) electrons. The van der Waals surface area contributed by atoms with E-state index in [1.165, 1.54) is 77.0 Å². The van der Waals surface area contributed by atoms with Crippen LogP contribution in [0.4, 0.5) is 0 Å². The number of hydrogen-bond donors (Lipinski definition) is 3. The zero-order valence-corrected chi connectivity index (χ0v) is 49.3. The van der Waals surface area contributed by atoms with E-state index in [-0.39, 0.29) is 25.9 Å². The van der Waals surface area contributed by atoms with Gasteiger partial charge in [0.2, 0.25) is 0 Å². The first kappa shape index (κ1) is 72.4. The molecule has 1 fully saturated rings. The minimum absolute atomic E-state index is 0.0299. The summed E-state index contributed by atoms with van der Waals surface area (Å²) in [5, 5.41) is 31.5. The molecule has 1 aliphatic rings. The van der Waals surface area contributed by atoms with E-state index in [0.29, 0.717) is 25.7 Å². The smallest absolute Gasteiger partial charge is 0.335 e. The van der Waals surface area contributed by atoms with Crippen molar-refractivity contribution >= 4 is 23.9 Å². The molecule has 0 aromatic rings. The van der Waals surface area contributed by atoms with Gasteiger partial charge in [0.1, 0.15) is 18.8 Å². The molecular formula is C67H108O12. The van der Waals surface area contributed by atoms with E-state index < -0.39 is 67.3 Å². The summed E-state index contributed by atoms with van der Waals surface area (Å²) >= 11 is 0. The molecule has 0 aromatic carbocycles. The number of carbonyl (C=O) groups excluding carboxylic acids is 3. The molecule has 12 nitrogen and oxygen atoms in total. The maximum absolute atomic E-state index is 13.1. The molecule has 12 heteroatoms. The highest BCUT2D eigenvalue weighted by atomic mass is 16.7. The Hall–Kier alpha value is -4.62. The summed E-state index contributed by atoms with van der Waals surface area (Å²) in [7, 11) is 0. The van der Waals surface area contributed by atoms with Gasteiger partial charge in [-0.1, -0.05) is 239 Å². The maximum atomic E-state index is 13.1. The number of esters is 3. The van der Waals surface area contributed by atoms with Crippen LogP contribution in [0.2, 0.25) is 0 Å². The fraction of sp³-hybridized carbons (Fsp3) is 0.672. The van der Waals surface area contributed by atoms with Gasteiger partial charge in [0.05, 0.1) is 6.61 Å². The van der Waals surface area contributed by atoms with Crippen LogP contribution in [0.25, 0.3) is 0 Å². The second-order valence-electron chi connectivity index (χ2n) is 20.6. The van der Waals surface area contributed by atoms with Crippen molar-refractivity contribution in [3.05, 3.63) is 109 Å². The molecule has 0 aromatic heterocycles. The number of unbranched alkanes of at least 4 members (excludes halogenated alkanes) is 19. The number of aliphatic hydroxyl groups excluding tert-OH is 2. The molecule has 0 saturated carbocycles. The molecule has 448 valence electrons. The van der Waals surface area contributed by atoms with Crippen LogP contribution in [0.1, 0.15) is 239 Å². The summed E-state index contributed by atoms with van der Waals surface area (Å²) < 4.78 is 28.3. The van der Waals surface area contributed by atoms with E-state index in [0.717, 1.165) is 96.3 Å². The van der Waals surface area contributed by atoms with Gasteiger partial charge in [-0.05, 0) is 89.9 Å². The van der Waals surface area contributed by atoms with Gasteiger partial charge < -0.3 is 39.0 Å². The lowest BCUT2D eigenvalue weighted by Gasteiger charge is -2.40. The highest BCUT2D eigenvalue weighted by Crippen LogP contribution is 2.26. The summed E-state index contributed by atoms with van der Waals surface area (Å²) in [6.07, 6.45) is 60.7. The van der Waals surface area contributed by atoms with Crippen LogP contribution >= 0.6 is 0 Å². The van der Waals surface area contributed by atoms with Crippen molar-refractivity contribution < 1.29 is 58.2 Å². The number of aliphatic carboxylic acids is 1. The number of carboxylic acid groups (broad SMARTS) is 1. The molecule has 1 rings (SSSR count). The first-order chi connectivity index (χ1) is 38.6. The Labute approximate surface area is 478 Å². The SMILES string of the molecule is CC/C=C\C/C=C\C/C=C\C/C=C\C/C=C\CCCCCC(=O)OCC(COC1OC(C(=O)O)C(O)C(O)C1OC(=O)CCCCCCCCCCCCCCCCCCC)OC(=O)CC/C=C\C/C=C\C/C=C\C/C=C\CC. The Morgan fingerprint density at radius 1 is 0.430 bits per heavy atom. The van der Waals surface area contributed by atoms with E-state index in [1.54, 1.807) is 0 Å². The summed E-state index contributed by atoms with van der Waals surface area (Å²) in [5.74, 6) is -3.28. The summed E-state index contributed by atoms with van der Waals surface area (Å²) in [6.45, 7) is 5.68. The lowest BCUT2D eigenvalue weighted by molar-refractivity contribution is -0.301. The van der Waals surface area contributed by atoms with Gasteiger partial charge in [-0.15, -0.1) is 0 Å². The lowest BCUT2D eigenvalue weighted by Crippen LogP contribution is -2.61. The molecule has 1 saturated heterocycles. The van der Waals surface area contributed by atoms with Crippen molar-refractivity contribution in [3.8, 4) is 0 Å². The van der Waals surface area contributed by atoms with Crippen molar-refractivity contribution in [2.45, 2.75) is 276 Å². The molecule has 3 N–H and O–H groups in total. The average Bonchev–Trinajstić information content (AvgIpc) is 3.47. The Morgan fingerprint density at radius 2 is 0.823 bits per heavy atom. The van der Waals surface area contributed by atoms with Gasteiger partial charge in [0.15, 0.2) is 24.6 Å². The van der Waals surface area contributed by atoms with Crippen LogP contribution in [0, 0.1) is 0 Å². The molecule has 0 spiro atoms. The third-order valence-electron chi connectivity index (χ3n) is 13.4. The molecule has 6 atom stereocenters. The largest absolute Gasteiger partial charge is 0.479 e. The molecule has 79 heavy (non-hydrogen) atoms. The van der Waals surface area contributed by atoms with Crippen molar-refractivity contribution in [1.82, 2.24) is 0 Å². The highest BCUT2D eigenvalue weighted by molar-refractivity contribution is 5.74. The second kappa shape index (κ2) is 54.0. The minimum atomic E-state index is -1.92. The first-order valence-corrected chi connectivity index (χ1v) is 30.9. The van der Waals surface area contributed by atoms with Crippen LogP contribution in [0.3, 0.4) is 0 Å². The number of carboxylic acids is 1. The quantitative estimate of drug-likeness (QED) is 0.0228. The molecular weight excluding hydrogens is 997 g/mol. The summed E-state index contributed by atoms with van der Waals surface area (Å²) in [5.41, 5.74) is 0. The fourth-order valence-corrected chi connectivity index (χ4v) is 8.70. The van der Waals surface area contributed by atoms with E-state index >= 15 is 0 Å². The summed E-state index contributed by atoms with van der Waals surface area (Å²) in [4.78, 5) is 51.2. The molecule has 1 aliphatic heterocycles. The first-order valence-electron chi connectivity index (χ1n) is 30.9. The highest BCUT2D eigenvalue weighted by Gasteiger charge is 2.50. The van der Waals surface area contributed by atoms with Crippen molar-refractivity contribution in [3.63, 3.8) is 0 Å². The van der Waals surface area contributed by atoms with Crippen molar-refractivity contribution in [1.29, 1.82) is 0 Å². The van der Waals surface area contributed by atoms with E-state index in [9.17, 15) is 34.5 Å². The summed E-state index contributed by atoms with van der Waals surface area (Å²) in [6, 6.07) is 0. The third kappa shape index (κ3) is 43.8. The molecule has 1 heterocycles. The number of hydrogen-bond acceptors (Lipinski definition) is 11. The van der Waals surface area contributed by atoms with Gasteiger partial charge in [-0.25, -0.2) is 4.79 Å². The van der Waals surface area contributed by atoms with E-state index in [1.807, 2.05) is 12.2 Å². The zero-order chi connectivity index (χ0) is 57.5. The standard InChI is InChI=1S/C67H108O12/c1-4-7-10-13-16-19-22-25-27-29-30-32-33-36-38-41-44-47-50-53-59(68)75-56-58(77-60(69)54-51-48-45-42-39-35-24-21-18-15-12-9-6-3)57-76-67-65(63(72)62(71)64(79-67)66(73)74)78-61(70)55-52-49-46-43-40-37-34-31-28-26-23-20-17-14-11-8-5-2/h7,9-10,12,16,18-19,21,25,27,30,32,35-36,38-39,45,48,58,62-65,67,71-72H,4-6,8,11,13-15,17,20,22-24,26,28-29,31,33-34,37,40-44,46-47,49-57H2,1-3H3,(H,73,74)/b10-7-,12-9-,19-16-,21-18-,27-25-,32-30-,38-36-,39-35-,48-45-. The second-order valence-corrected chi connectivity index (χ2v) is 20.6. The fourth-order valence-electron chi connectivity index (χ4n) is 8.70. The van der Waals surface area contributed by atoms with Gasteiger partial charge in [-0.2, -0.15) is 0 Å². The van der Waals surface area contributed by atoms with Crippen LogP contribution in [0.15, 0.2) is 109 Å². The van der Waals surface area contributed by atoms with Gasteiger partial charge >= 0.3 is 23.9 Å². The van der Waals surface area contributed by atoms with Crippen molar-refractivity contribution in [2.75, 3.05) is 13.2 Å². The predicted octanol–water partition coefficient (Wildman–Crippen LogP) is 16.2. The Bertz CT molecular complexity index is 1790. The minimum Gasteiger partial charge on any atom is -0.479 e. The maximum Gasteiger partial charge on any atom is 0.335 e. The number of ether oxygens (including phenoxy) is 5. The predicted molar refractivity (Wildman–Crippen MR) is 321 cm³/mol. The van der Waals surface area contributed by atoms with Crippen LogP contribution in [0.5, 0.6) is 0 Å². The third-order valence-corrected chi connectivity index (χ3v) is 13.4. The Kier molecular flexibility index (Phi) is 49.5. The lowest BCUT2D eigenvalue weighted by atomic mass is 9.98. The zero-order valence-electron chi connectivity index (χ0n) is 49.3. The number of carbonyl (C=O) groups is 4.